The fourth-order valence-electron chi connectivity index (χ4n) is 2.24. The van der Waals surface area contributed by atoms with Gasteiger partial charge in [-0.15, -0.1) is 0 Å². The third-order valence-corrected chi connectivity index (χ3v) is 3.57. The van der Waals surface area contributed by atoms with Crippen LogP contribution in [0.1, 0.15) is 45.9 Å². The molecule has 2 rings (SSSR count). The monoisotopic (exact) mass is 302 g/mol. The van der Waals surface area contributed by atoms with Gasteiger partial charge in [0.05, 0.1) is 0 Å². The highest BCUT2D eigenvalue weighted by atomic mass is 35.5. The molecule has 2 nitrogen and oxygen atoms in total. The lowest BCUT2D eigenvalue weighted by Gasteiger charge is -2.19. The average Bonchev–Trinajstić information content (AvgIpc) is 2.36. The minimum Gasteiger partial charge on any atom is -0.233 e. The normalized spacial score (nSPS) is 12.0. The molecule has 0 N–H and O–H groups in total. The first kappa shape index (κ1) is 16.0. The van der Waals surface area contributed by atoms with E-state index in [4.69, 9.17) is 11.6 Å². The van der Waals surface area contributed by atoms with E-state index >= 15 is 0 Å². The van der Waals surface area contributed by atoms with Crippen LogP contribution in [0.5, 0.6) is 0 Å². The molecule has 0 bridgehead atoms. The zero-order chi connectivity index (χ0) is 15.6. The van der Waals surface area contributed by atoms with Gasteiger partial charge in [-0.2, -0.15) is 0 Å². The van der Waals surface area contributed by atoms with Crippen molar-refractivity contribution in [2.24, 2.45) is 5.92 Å². The Kier molecular flexibility index (Phi) is 4.67. The molecule has 0 unspecified atom stereocenters. The lowest BCUT2D eigenvalue weighted by molar-refractivity contribution is 0.590. The summed E-state index contributed by atoms with van der Waals surface area (Å²) in [6, 6.07) is 10.3. The minimum absolute atomic E-state index is 0.149. The SMILES string of the molecule is CC(C)Cc1cc(Cl)nc(-c2ccc(C(C)(C)C)cc2)n1. The fraction of sp³-hybridized carbons (Fsp3) is 0.444. The van der Waals surface area contributed by atoms with E-state index in [9.17, 15) is 0 Å². The van der Waals surface area contributed by atoms with Crippen LogP contribution in [0.2, 0.25) is 5.15 Å². The Bertz CT molecular complexity index is 610. The van der Waals surface area contributed by atoms with E-state index < -0.39 is 0 Å². The molecular weight excluding hydrogens is 280 g/mol. The van der Waals surface area contributed by atoms with Crippen molar-refractivity contribution in [2.45, 2.75) is 46.5 Å². The van der Waals surface area contributed by atoms with Gasteiger partial charge in [0.15, 0.2) is 5.82 Å². The van der Waals surface area contributed by atoms with Gasteiger partial charge in [0.1, 0.15) is 5.15 Å². The highest BCUT2D eigenvalue weighted by molar-refractivity contribution is 6.29. The summed E-state index contributed by atoms with van der Waals surface area (Å²) in [6.07, 6.45) is 0.912. The van der Waals surface area contributed by atoms with Gasteiger partial charge < -0.3 is 0 Å². The minimum atomic E-state index is 0.149. The molecule has 0 aliphatic heterocycles. The summed E-state index contributed by atoms with van der Waals surface area (Å²) in [5.74, 6) is 1.26. The highest BCUT2D eigenvalue weighted by Crippen LogP contribution is 2.25. The molecule has 0 fully saturated rings. The third kappa shape index (κ3) is 4.28. The van der Waals surface area contributed by atoms with Gasteiger partial charge in [-0.3, -0.25) is 0 Å². The van der Waals surface area contributed by atoms with E-state index in [1.165, 1.54) is 5.56 Å². The molecule has 0 atom stereocenters. The summed E-state index contributed by atoms with van der Waals surface area (Å²) in [7, 11) is 0. The number of hydrogen-bond acceptors (Lipinski definition) is 2. The molecule has 0 amide bonds. The smallest absolute Gasteiger partial charge is 0.161 e. The molecular formula is C18H23ClN2. The van der Waals surface area contributed by atoms with E-state index in [2.05, 4.69) is 68.9 Å². The molecule has 0 spiro atoms. The first-order valence-corrected chi connectivity index (χ1v) is 7.78. The van der Waals surface area contributed by atoms with E-state index in [0.717, 1.165) is 17.7 Å². The van der Waals surface area contributed by atoms with E-state index in [0.29, 0.717) is 16.9 Å². The average molecular weight is 303 g/mol. The van der Waals surface area contributed by atoms with Crippen molar-refractivity contribution in [3.05, 3.63) is 46.7 Å². The second-order valence-corrected chi connectivity index (χ2v) is 7.32. The lowest BCUT2D eigenvalue weighted by atomic mass is 9.87. The van der Waals surface area contributed by atoms with Gasteiger partial charge in [-0.1, -0.05) is 70.5 Å². The molecule has 0 saturated heterocycles. The van der Waals surface area contributed by atoms with Gasteiger partial charge in [-0.05, 0) is 29.4 Å². The number of halogens is 1. The van der Waals surface area contributed by atoms with Crippen LogP contribution < -0.4 is 0 Å². The number of hydrogen-bond donors (Lipinski definition) is 0. The van der Waals surface area contributed by atoms with Crippen LogP contribution in [0, 0.1) is 5.92 Å². The van der Waals surface area contributed by atoms with Crippen molar-refractivity contribution in [1.29, 1.82) is 0 Å². The van der Waals surface area contributed by atoms with Crippen LogP contribution in [0.15, 0.2) is 30.3 Å². The van der Waals surface area contributed by atoms with Crippen molar-refractivity contribution >= 4 is 11.6 Å². The Morgan fingerprint density at radius 1 is 1.05 bits per heavy atom. The Hall–Kier alpha value is -1.41. The maximum Gasteiger partial charge on any atom is 0.161 e. The Morgan fingerprint density at radius 3 is 2.19 bits per heavy atom. The summed E-state index contributed by atoms with van der Waals surface area (Å²) in [5.41, 5.74) is 3.46. The van der Waals surface area contributed by atoms with Crippen molar-refractivity contribution < 1.29 is 0 Å². The van der Waals surface area contributed by atoms with Crippen molar-refractivity contribution in [1.82, 2.24) is 9.97 Å². The summed E-state index contributed by atoms with van der Waals surface area (Å²) in [4.78, 5) is 9.00. The summed E-state index contributed by atoms with van der Waals surface area (Å²) in [6.45, 7) is 11.0. The van der Waals surface area contributed by atoms with E-state index in [1.54, 1.807) is 0 Å². The first-order valence-electron chi connectivity index (χ1n) is 7.40. The molecule has 1 aromatic carbocycles. The molecule has 0 radical (unpaired) electrons. The van der Waals surface area contributed by atoms with Crippen molar-refractivity contribution in [3.63, 3.8) is 0 Å². The molecule has 2 aromatic rings. The van der Waals surface area contributed by atoms with Crippen molar-refractivity contribution in [2.75, 3.05) is 0 Å². The summed E-state index contributed by atoms with van der Waals surface area (Å²) >= 11 is 6.14. The van der Waals surface area contributed by atoms with Gasteiger partial charge in [0, 0.05) is 11.3 Å². The van der Waals surface area contributed by atoms with Crippen molar-refractivity contribution in [3.8, 4) is 11.4 Å². The van der Waals surface area contributed by atoms with Crippen LogP contribution in [0.25, 0.3) is 11.4 Å². The maximum atomic E-state index is 6.14. The molecule has 112 valence electrons. The van der Waals surface area contributed by atoms with E-state index in [1.807, 2.05) is 6.07 Å². The Balaban J connectivity index is 2.35. The second-order valence-electron chi connectivity index (χ2n) is 6.93. The molecule has 1 aromatic heterocycles. The van der Waals surface area contributed by atoms with Crippen LogP contribution in [0.4, 0.5) is 0 Å². The maximum absolute atomic E-state index is 6.14. The molecule has 21 heavy (non-hydrogen) atoms. The number of aromatic nitrogens is 2. The molecule has 0 saturated carbocycles. The third-order valence-electron chi connectivity index (χ3n) is 3.37. The standard InChI is InChI=1S/C18H23ClN2/c1-12(2)10-15-11-16(19)21-17(20-15)13-6-8-14(9-7-13)18(3,4)5/h6-9,11-12H,10H2,1-5H3. The number of benzene rings is 1. The molecule has 0 aliphatic carbocycles. The quantitative estimate of drug-likeness (QED) is 0.720. The van der Waals surface area contributed by atoms with E-state index in [-0.39, 0.29) is 5.41 Å². The lowest BCUT2D eigenvalue weighted by Crippen LogP contribution is -2.10. The Labute approximate surface area is 132 Å². The van der Waals surface area contributed by atoms with Crippen LogP contribution >= 0.6 is 11.6 Å². The predicted molar refractivity (Wildman–Crippen MR) is 89.7 cm³/mol. The number of nitrogens with zero attached hydrogens (tertiary/aromatic N) is 2. The zero-order valence-electron chi connectivity index (χ0n) is 13.4. The topological polar surface area (TPSA) is 25.8 Å². The second kappa shape index (κ2) is 6.15. The highest BCUT2D eigenvalue weighted by Gasteiger charge is 2.14. The zero-order valence-corrected chi connectivity index (χ0v) is 14.2. The molecule has 1 heterocycles. The largest absolute Gasteiger partial charge is 0.233 e. The van der Waals surface area contributed by atoms with Gasteiger partial charge in [0.2, 0.25) is 0 Å². The van der Waals surface area contributed by atoms with Crippen LogP contribution in [-0.2, 0) is 11.8 Å². The first-order chi connectivity index (χ1) is 9.75. The predicted octanol–water partition coefficient (Wildman–Crippen LogP) is 5.29. The van der Waals surface area contributed by atoms with Gasteiger partial charge in [-0.25, -0.2) is 9.97 Å². The fourth-order valence-corrected chi connectivity index (χ4v) is 2.44. The summed E-state index contributed by atoms with van der Waals surface area (Å²) < 4.78 is 0. The van der Waals surface area contributed by atoms with Crippen LogP contribution in [0.3, 0.4) is 0 Å². The molecule has 0 aliphatic rings. The van der Waals surface area contributed by atoms with Gasteiger partial charge in [0.25, 0.3) is 0 Å². The molecule has 3 heteroatoms. The van der Waals surface area contributed by atoms with Crippen LogP contribution in [-0.4, -0.2) is 9.97 Å². The Morgan fingerprint density at radius 2 is 1.67 bits per heavy atom. The number of rotatable bonds is 3. The summed E-state index contributed by atoms with van der Waals surface area (Å²) in [5, 5.41) is 0.510. The van der Waals surface area contributed by atoms with Gasteiger partial charge >= 0.3 is 0 Å².